The van der Waals surface area contributed by atoms with Crippen molar-refractivity contribution in [2.24, 2.45) is 0 Å². The smallest absolute Gasteiger partial charge is 0.383 e. The molecule has 3 rings (SSSR count). The molecular formula is C13H12O5. The number of aromatic hydroxyl groups is 1. The van der Waals surface area contributed by atoms with Gasteiger partial charge >= 0.3 is 5.63 Å². The van der Waals surface area contributed by atoms with Crippen LogP contribution in [0.2, 0.25) is 0 Å². The minimum Gasteiger partial charge on any atom is -0.508 e. The van der Waals surface area contributed by atoms with Crippen LogP contribution < -0.4 is 15.1 Å². The summed E-state index contributed by atoms with van der Waals surface area (Å²) in [5.41, 5.74) is -0.245. The molecule has 94 valence electrons. The number of benzene rings is 1. The number of phenolic OH excluding ortho intramolecular Hbond substituents is 1. The van der Waals surface area contributed by atoms with Gasteiger partial charge in [0.2, 0.25) is 0 Å². The summed E-state index contributed by atoms with van der Waals surface area (Å²) >= 11 is 0. The van der Waals surface area contributed by atoms with Gasteiger partial charge in [-0.15, -0.1) is 0 Å². The second-order valence-corrected chi connectivity index (χ2v) is 4.17. The Morgan fingerprint density at radius 2 is 2.17 bits per heavy atom. The lowest BCUT2D eigenvalue weighted by atomic mass is 10.2. The largest absolute Gasteiger partial charge is 0.508 e. The fourth-order valence-corrected chi connectivity index (χ4v) is 1.84. The average Bonchev–Trinajstić information content (AvgIpc) is 3.09. The molecule has 1 aliphatic heterocycles. The van der Waals surface area contributed by atoms with Crippen molar-refractivity contribution >= 4 is 11.0 Å². The summed E-state index contributed by atoms with van der Waals surface area (Å²) in [5.74, 6) is 1.20. The molecule has 0 unspecified atom stereocenters. The van der Waals surface area contributed by atoms with E-state index in [1.807, 2.05) is 0 Å². The number of hydrogen-bond acceptors (Lipinski definition) is 5. The summed E-state index contributed by atoms with van der Waals surface area (Å²) in [6, 6.07) is 2.88. The third-order valence-corrected chi connectivity index (χ3v) is 2.79. The van der Waals surface area contributed by atoms with Crippen LogP contribution in [0.15, 0.2) is 21.3 Å². The van der Waals surface area contributed by atoms with E-state index in [0.29, 0.717) is 23.5 Å². The summed E-state index contributed by atoms with van der Waals surface area (Å²) in [5, 5.41) is 10.2. The van der Waals surface area contributed by atoms with Crippen LogP contribution in [0.4, 0.5) is 0 Å². The molecular weight excluding hydrogens is 236 g/mol. The molecule has 0 aliphatic carbocycles. The Labute approximate surface area is 103 Å². The van der Waals surface area contributed by atoms with Crippen molar-refractivity contribution in [1.82, 2.24) is 0 Å². The summed E-state index contributed by atoms with van der Waals surface area (Å²) in [7, 11) is 0. The van der Waals surface area contributed by atoms with E-state index in [1.165, 1.54) is 12.1 Å². The van der Waals surface area contributed by atoms with Crippen molar-refractivity contribution < 1.29 is 19.0 Å². The molecule has 1 aromatic heterocycles. The van der Waals surface area contributed by atoms with Crippen LogP contribution in [0.5, 0.6) is 23.0 Å². The van der Waals surface area contributed by atoms with E-state index < -0.39 is 5.63 Å². The van der Waals surface area contributed by atoms with Crippen LogP contribution >= 0.6 is 0 Å². The van der Waals surface area contributed by atoms with Gasteiger partial charge in [0.15, 0.2) is 5.75 Å². The van der Waals surface area contributed by atoms with E-state index in [9.17, 15) is 9.90 Å². The van der Waals surface area contributed by atoms with Gasteiger partial charge in [-0.2, -0.15) is 0 Å². The molecule has 5 heteroatoms. The lowest BCUT2D eigenvalue weighted by molar-refractivity contribution is 0.311. The molecule has 2 heterocycles. The Bertz CT molecular complexity index is 671. The zero-order chi connectivity index (χ0) is 12.7. The van der Waals surface area contributed by atoms with Gasteiger partial charge in [-0.25, -0.2) is 4.79 Å². The SMILES string of the molecule is CCCCOc1cc(O)cc2oc(=O)c3c(c12)O3. The maximum Gasteiger partial charge on any atom is 0.383 e. The minimum atomic E-state index is -0.525. The highest BCUT2D eigenvalue weighted by atomic mass is 16.6. The number of phenols is 1. The molecule has 0 atom stereocenters. The zero-order valence-corrected chi connectivity index (χ0v) is 9.86. The Kier molecular flexibility index (Phi) is 2.40. The molecule has 0 bridgehead atoms. The van der Waals surface area contributed by atoms with Crippen LogP contribution in [0.25, 0.3) is 11.0 Å². The fourth-order valence-electron chi connectivity index (χ4n) is 1.84. The highest BCUT2D eigenvalue weighted by molar-refractivity contribution is 5.96. The fraction of sp³-hybridized carbons (Fsp3) is 0.308. The predicted molar refractivity (Wildman–Crippen MR) is 64.6 cm³/mol. The van der Waals surface area contributed by atoms with Gasteiger partial charge in [0, 0.05) is 12.1 Å². The first-order chi connectivity index (χ1) is 8.70. The van der Waals surface area contributed by atoms with Crippen LogP contribution in [0, 0.1) is 0 Å². The standard InChI is InChI=1S/C13H12O5/c1-2-3-4-16-8-5-7(14)6-9-10(8)11-12(18-11)13(15)17-9/h5-6,14H,2-4H2,1H3. The van der Waals surface area contributed by atoms with Crippen molar-refractivity contribution in [3.8, 4) is 23.0 Å². The Hall–Kier alpha value is -2.17. The van der Waals surface area contributed by atoms with Gasteiger partial charge in [-0.1, -0.05) is 13.3 Å². The van der Waals surface area contributed by atoms with Crippen LogP contribution in [0.3, 0.4) is 0 Å². The quantitative estimate of drug-likeness (QED) is 0.436. The van der Waals surface area contributed by atoms with E-state index in [1.54, 1.807) is 0 Å². The Morgan fingerprint density at radius 3 is 2.94 bits per heavy atom. The molecule has 0 spiro atoms. The summed E-state index contributed by atoms with van der Waals surface area (Å²) < 4.78 is 15.7. The maximum absolute atomic E-state index is 11.4. The number of hydrogen-bond donors (Lipinski definition) is 1. The van der Waals surface area contributed by atoms with Crippen LogP contribution in [-0.4, -0.2) is 11.7 Å². The Morgan fingerprint density at radius 1 is 1.33 bits per heavy atom. The molecule has 0 fully saturated rings. The highest BCUT2D eigenvalue weighted by Crippen LogP contribution is 2.51. The molecule has 1 N–H and O–H groups in total. The van der Waals surface area contributed by atoms with Gasteiger partial charge in [0.25, 0.3) is 5.75 Å². The molecule has 1 aliphatic rings. The molecule has 18 heavy (non-hydrogen) atoms. The molecule has 2 aromatic rings. The second kappa shape index (κ2) is 3.94. The Balaban J connectivity index is 2.11. The van der Waals surface area contributed by atoms with Crippen molar-refractivity contribution in [3.05, 3.63) is 22.6 Å². The van der Waals surface area contributed by atoms with E-state index in [-0.39, 0.29) is 17.1 Å². The first-order valence-electron chi connectivity index (χ1n) is 5.85. The number of unbranched alkanes of at least 4 members (excludes halogenated alkanes) is 1. The van der Waals surface area contributed by atoms with Gasteiger partial charge in [-0.05, 0) is 6.42 Å². The molecule has 0 saturated carbocycles. The van der Waals surface area contributed by atoms with E-state index in [2.05, 4.69) is 6.92 Å². The van der Waals surface area contributed by atoms with Gasteiger partial charge in [0.05, 0.1) is 6.61 Å². The molecule has 0 saturated heterocycles. The number of fused-ring (bicyclic) bond motifs is 3. The van der Waals surface area contributed by atoms with Crippen LogP contribution in [0.1, 0.15) is 19.8 Å². The summed E-state index contributed by atoms with van der Waals surface area (Å²) in [4.78, 5) is 11.4. The highest BCUT2D eigenvalue weighted by Gasteiger charge is 2.32. The van der Waals surface area contributed by atoms with Crippen LogP contribution in [-0.2, 0) is 0 Å². The van der Waals surface area contributed by atoms with Gasteiger partial charge in [0.1, 0.15) is 22.5 Å². The van der Waals surface area contributed by atoms with Crippen molar-refractivity contribution in [1.29, 1.82) is 0 Å². The van der Waals surface area contributed by atoms with Gasteiger partial charge < -0.3 is 19.0 Å². The lowest BCUT2D eigenvalue weighted by Gasteiger charge is -2.07. The average molecular weight is 248 g/mol. The summed E-state index contributed by atoms with van der Waals surface area (Å²) in [6.07, 6.45) is 1.93. The van der Waals surface area contributed by atoms with Crippen molar-refractivity contribution in [2.45, 2.75) is 19.8 Å². The minimum absolute atomic E-state index is 0.00208. The van der Waals surface area contributed by atoms with E-state index in [0.717, 1.165) is 12.8 Å². The predicted octanol–water partition coefficient (Wildman–Crippen LogP) is 2.78. The third-order valence-electron chi connectivity index (χ3n) is 2.79. The third kappa shape index (κ3) is 1.68. The topological polar surface area (TPSA) is 72.2 Å². The lowest BCUT2D eigenvalue weighted by Crippen LogP contribution is -1.97. The van der Waals surface area contributed by atoms with E-state index in [4.69, 9.17) is 13.9 Å². The molecule has 0 radical (unpaired) electrons. The van der Waals surface area contributed by atoms with Crippen molar-refractivity contribution in [2.75, 3.05) is 6.61 Å². The number of ether oxygens (including phenoxy) is 2. The van der Waals surface area contributed by atoms with Crippen molar-refractivity contribution in [3.63, 3.8) is 0 Å². The zero-order valence-electron chi connectivity index (χ0n) is 9.86. The van der Waals surface area contributed by atoms with Gasteiger partial charge in [-0.3, -0.25) is 0 Å². The first-order valence-corrected chi connectivity index (χ1v) is 5.85. The summed E-state index contributed by atoms with van der Waals surface area (Å²) in [6.45, 7) is 2.61. The maximum atomic E-state index is 11.4. The number of rotatable bonds is 4. The second-order valence-electron chi connectivity index (χ2n) is 4.17. The first kappa shape index (κ1) is 11.0. The molecule has 0 amide bonds. The normalized spacial score (nSPS) is 12.1. The monoisotopic (exact) mass is 248 g/mol. The molecule has 5 nitrogen and oxygen atoms in total. The molecule has 1 aromatic carbocycles. The van der Waals surface area contributed by atoms with E-state index >= 15 is 0 Å².